The summed E-state index contributed by atoms with van der Waals surface area (Å²) < 4.78 is 0. The van der Waals surface area contributed by atoms with Crippen LogP contribution in [0.5, 0.6) is 0 Å². The van der Waals surface area contributed by atoms with E-state index in [9.17, 15) is 4.79 Å². The Balaban J connectivity index is 2.35. The minimum Gasteiger partial charge on any atom is -0.395 e. The number of aliphatic hydroxyl groups excluding tert-OH is 2. The number of benzene rings is 1. The summed E-state index contributed by atoms with van der Waals surface area (Å²) in [5.41, 5.74) is 0.556. The molecule has 106 valence electrons. The maximum atomic E-state index is 11.8. The highest BCUT2D eigenvalue weighted by Crippen LogP contribution is 2.09. The first kappa shape index (κ1) is 15.9. The van der Waals surface area contributed by atoms with E-state index in [4.69, 9.17) is 21.8 Å². The van der Waals surface area contributed by atoms with Gasteiger partial charge in [-0.2, -0.15) is 0 Å². The Hall–Kier alpha value is -1.14. The first-order valence-corrected chi connectivity index (χ1v) is 6.53. The van der Waals surface area contributed by atoms with E-state index in [2.05, 4.69) is 5.32 Å². The second kappa shape index (κ2) is 8.87. The Morgan fingerprint density at radius 1 is 1.11 bits per heavy atom. The van der Waals surface area contributed by atoms with E-state index in [-0.39, 0.29) is 19.1 Å². The van der Waals surface area contributed by atoms with E-state index >= 15 is 0 Å². The number of hydrogen-bond acceptors (Lipinski definition) is 4. The lowest BCUT2D eigenvalue weighted by atomic mass is 10.2. The number of aliphatic hydroxyl groups is 2. The van der Waals surface area contributed by atoms with Gasteiger partial charge in [0.1, 0.15) is 0 Å². The highest BCUT2D eigenvalue weighted by molar-refractivity contribution is 6.30. The largest absolute Gasteiger partial charge is 0.395 e. The molecule has 0 aliphatic rings. The third-order valence-electron chi connectivity index (χ3n) is 2.65. The predicted molar refractivity (Wildman–Crippen MR) is 74.4 cm³/mol. The van der Waals surface area contributed by atoms with Crippen LogP contribution in [0.25, 0.3) is 0 Å². The monoisotopic (exact) mass is 286 g/mol. The van der Waals surface area contributed by atoms with E-state index in [1.54, 1.807) is 24.3 Å². The zero-order valence-electron chi connectivity index (χ0n) is 10.7. The van der Waals surface area contributed by atoms with Crippen LogP contribution in [0.2, 0.25) is 5.02 Å². The maximum absolute atomic E-state index is 11.8. The molecule has 0 aromatic heterocycles. The molecule has 0 spiro atoms. The molecule has 19 heavy (non-hydrogen) atoms. The topological polar surface area (TPSA) is 72.8 Å². The summed E-state index contributed by atoms with van der Waals surface area (Å²) in [6, 6.07) is 6.66. The summed E-state index contributed by atoms with van der Waals surface area (Å²) in [7, 11) is 0. The molecule has 1 rings (SSSR count). The minimum absolute atomic E-state index is 0.0329. The number of halogens is 1. The van der Waals surface area contributed by atoms with Crippen LogP contribution in [0.15, 0.2) is 24.3 Å². The van der Waals surface area contributed by atoms with Crippen LogP contribution in [0.4, 0.5) is 0 Å². The van der Waals surface area contributed by atoms with Crippen molar-refractivity contribution in [3.05, 3.63) is 34.9 Å². The average Bonchev–Trinajstić information content (AvgIpc) is 2.40. The van der Waals surface area contributed by atoms with Gasteiger partial charge in [-0.25, -0.2) is 0 Å². The van der Waals surface area contributed by atoms with E-state index < -0.39 is 0 Å². The van der Waals surface area contributed by atoms with Crippen molar-refractivity contribution < 1.29 is 15.0 Å². The summed E-state index contributed by atoms with van der Waals surface area (Å²) in [5, 5.41) is 21.1. The van der Waals surface area contributed by atoms with Gasteiger partial charge in [-0.1, -0.05) is 11.6 Å². The smallest absolute Gasteiger partial charge is 0.251 e. The van der Waals surface area contributed by atoms with Gasteiger partial charge < -0.3 is 15.5 Å². The molecule has 6 heteroatoms. The number of rotatable bonds is 8. The van der Waals surface area contributed by atoms with Crippen molar-refractivity contribution >= 4 is 17.5 Å². The van der Waals surface area contributed by atoms with Crippen LogP contribution in [0.3, 0.4) is 0 Å². The van der Waals surface area contributed by atoms with Gasteiger partial charge in [-0.05, 0) is 24.3 Å². The quantitative estimate of drug-likeness (QED) is 0.645. The zero-order valence-corrected chi connectivity index (χ0v) is 11.4. The lowest BCUT2D eigenvalue weighted by Crippen LogP contribution is -2.37. The van der Waals surface area contributed by atoms with Crippen LogP contribution in [-0.4, -0.2) is 60.4 Å². The predicted octanol–water partition coefficient (Wildman–Crippen LogP) is 0.356. The Labute approximate surface area is 117 Å². The van der Waals surface area contributed by atoms with Gasteiger partial charge in [-0.3, -0.25) is 9.69 Å². The summed E-state index contributed by atoms with van der Waals surface area (Å²) in [5.74, 6) is -0.162. The molecule has 1 amide bonds. The van der Waals surface area contributed by atoms with Crippen LogP contribution in [-0.2, 0) is 0 Å². The summed E-state index contributed by atoms with van der Waals surface area (Å²) >= 11 is 5.75. The van der Waals surface area contributed by atoms with Crippen molar-refractivity contribution in [3.63, 3.8) is 0 Å². The molecule has 0 bridgehead atoms. The molecule has 1 aromatic rings. The van der Waals surface area contributed by atoms with Crippen molar-refractivity contribution in [2.45, 2.75) is 0 Å². The average molecular weight is 287 g/mol. The van der Waals surface area contributed by atoms with Gasteiger partial charge in [0.15, 0.2) is 0 Å². The number of nitrogens with one attached hydrogen (secondary N) is 1. The van der Waals surface area contributed by atoms with Gasteiger partial charge >= 0.3 is 0 Å². The molecule has 1 aromatic carbocycles. The number of carbonyl (C=O) groups excluding carboxylic acids is 1. The summed E-state index contributed by atoms with van der Waals surface area (Å²) in [6.45, 7) is 2.08. The van der Waals surface area contributed by atoms with Crippen molar-refractivity contribution in [1.82, 2.24) is 10.2 Å². The van der Waals surface area contributed by atoms with Crippen LogP contribution in [0.1, 0.15) is 10.4 Å². The maximum Gasteiger partial charge on any atom is 0.251 e. The van der Waals surface area contributed by atoms with E-state index in [1.807, 2.05) is 4.90 Å². The Kier molecular flexibility index (Phi) is 7.43. The van der Waals surface area contributed by atoms with E-state index in [0.29, 0.717) is 36.8 Å². The third kappa shape index (κ3) is 6.02. The molecule has 0 unspecified atom stereocenters. The molecule has 0 fully saturated rings. The molecule has 0 radical (unpaired) electrons. The van der Waals surface area contributed by atoms with Crippen molar-refractivity contribution in [1.29, 1.82) is 0 Å². The molecule has 5 nitrogen and oxygen atoms in total. The first-order chi connectivity index (χ1) is 9.17. The van der Waals surface area contributed by atoms with Crippen molar-refractivity contribution in [2.75, 3.05) is 39.4 Å². The highest BCUT2D eigenvalue weighted by atomic mass is 35.5. The van der Waals surface area contributed by atoms with E-state index in [0.717, 1.165) is 0 Å². The fraction of sp³-hybridized carbons (Fsp3) is 0.462. The van der Waals surface area contributed by atoms with Crippen LogP contribution >= 0.6 is 11.6 Å². The van der Waals surface area contributed by atoms with Crippen molar-refractivity contribution in [2.24, 2.45) is 0 Å². The van der Waals surface area contributed by atoms with Gasteiger partial charge in [0.25, 0.3) is 5.91 Å². The fourth-order valence-corrected chi connectivity index (χ4v) is 1.78. The van der Waals surface area contributed by atoms with Crippen LogP contribution in [0, 0.1) is 0 Å². The lowest BCUT2D eigenvalue weighted by molar-refractivity contribution is 0.0944. The van der Waals surface area contributed by atoms with Gasteiger partial charge in [0, 0.05) is 36.8 Å². The molecule has 0 saturated heterocycles. The number of hydrogen-bond donors (Lipinski definition) is 3. The molecule has 0 aliphatic carbocycles. The lowest BCUT2D eigenvalue weighted by Gasteiger charge is -2.20. The van der Waals surface area contributed by atoms with Gasteiger partial charge in [-0.15, -0.1) is 0 Å². The van der Waals surface area contributed by atoms with Gasteiger partial charge in [0.05, 0.1) is 13.2 Å². The number of carbonyl (C=O) groups is 1. The van der Waals surface area contributed by atoms with Crippen molar-refractivity contribution in [3.8, 4) is 0 Å². The summed E-state index contributed by atoms with van der Waals surface area (Å²) in [6.07, 6.45) is 0. The fourth-order valence-electron chi connectivity index (χ4n) is 1.65. The zero-order chi connectivity index (χ0) is 14.1. The van der Waals surface area contributed by atoms with Gasteiger partial charge in [0.2, 0.25) is 0 Å². The second-order valence-corrected chi connectivity index (χ2v) is 4.49. The number of amides is 1. The van der Waals surface area contributed by atoms with E-state index in [1.165, 1.54) is 0 Å². The molecule has 3 N–H and O–H groups in total. The standard InChI is InChI=1S/C13H19ClN2O3/c14-12-3-1-11(2-4-12)13(19)15-5-6-16(7-9-17)8-10-18/h1-4,17-18H,5-10H2,(H,15,19). The Morgan fingerprint density at radius 2 is 1.68 bits per heavy atom. The van der Waals surface area contributed by atoms with Crippen LogP contribution < -0.4 is 5.32 Å². The Bertz CT molecular complexity index is 378. The SMILES string of the molecule is O=C(NCCN(CCO)CCO)c1ccc(Cl)cc1. The summed E-state index contributed by atoms with van der Waals surface area (Å²) in [4.78, 5) is 13.7. The minimum atomic E-state index is -0.162. The second-order valence-electron chi connectivity index (χ2n) is 4.05. The molecule has 0 heterocycles. The molecule has 0 aliphatic heterocycles. The normalized spacial score (nSPS) is 10.7. The molecular formula is C13H19ClN2O3. The highest BCUT2D eigenvalue weighted by Gasteiger charge is 2.07. The molecular weight excluding hydrogens is 268 g/mol. The number of nitrogens with zero attached hydrogens (tertiary/aromatic N) is 1. The molecule has 0 saturated carbocycles. The first-order valence-electron chi connectivity index (χ1n) is 6.15. The Morgan fingerprint density at radius 3 is 2.21 bits per heavy atom. The molecule has 0 atom stereocenters. The third-order valence-corrected chi connectivity index (χ3v) is 2.90.